The number of anilines is 1. The molecule has 0 saturated carbocycles. The standard InChI is InChI=1S/C30H27ClN6O3S/c1-16-18(4-3-5-22(16)35-28(39)24-15-33-30(31)41-24)19-8-9-21(27(32)38)26-25(19)20-7-6-17(14-23(20)34-26)29(40)37-12-10-36(2)11-13-37/h3-9,14-15,34H,10-13H2,1-2H3,(H2,32,38)(H,35,39). The quantitative estimate of drug-likeness (QED) is 0.263. The minimum Gasteiger partial charge on any atom is -0.366 e. The second-order valence-electron chi connectivity index (χ2n) is 10.2. The third-order valence-electron chi connectivity index (χ3n) is 7.63. The number of likely N-dealkylation sites (N-methyl/N-ethyl adjacent to an activating group) is 1. The average molecular weight is 587 g/mol. The maximum Gasteiger partial charge on any atom is 0.267 e. The van der Waals surface area contributed by atoms with Crippen molar-refractivity contribution in [3.63, 3.8) is 0 Å². The number of aromatic amines is 1. The van der Waals surface area contributed by atoms with Gasteiger partial charge in [-0.15, -0.1) is 0 Å². The number of hydrogen-bond donors (Lipinski definition) is 3. The molecule has 0 radical (unpaired) electrons. The highest BCUT2D eigenvalue weighted by atomic mass is 35.5. The van der Waals surface area contributed by atoms with E-state index in [1.165, 1.54) is 6.20 Å². The number of aromatic nitrogens is 2. The maximum atomic E-state index is 13.3. The molecule has 6 rings (SSSR count). The van der Waals surface area contributed by atoms with Crippen LogP contribution >= 0.6 is 22.9 Å². The van der Waals surface area contributed by atoms with Gasteiger partial charge in [0.15, 0.2) is 4.47 Å². The van der Waals surface area contributed by atoms with Crippen molar-refractivity contribution in [3.05, 3.63) is 80.8 Å². The first-order valence-corrected chi connectivity index (χ1v) is 14.3. The summed E-state index contributed by atoms with van der Waals surface area (Å²) in [5.74, 6) is -0.869. The fourth-order valence-electron chi connectivity index (χ4n) is 5.37. The molecule has 208 valence electrons. The molecule has 0 spiro atoms. The summed E-state index contributed by atoms with van der Waals surface area (Å²) in [6, 6.07) is 14.8. The molecule has 1 fully saturated rings. The topological polar surface area (TPSA) is 124 Å². The Labute approximate surface area is 244 Å². The molecule has 2 aromatic heterocycles. The van der Waals surface area contributed by atoms with Crippen molar-refractivity contribution in [2.45, 2.75) is 6.92 Å². The van der Waals surface area contributed by atoms with Gasteiger partial charge in [0, 0.05) is 53.7 Å². The van der Waals surface area contributed by atoms with Gasteiger partial charge >= 0.3 is 0 Å². The summed E-state index contributed by atoms with van der Waals surface area (Å²) in [7, 11) is 2.05. The molecule has 5 aromatic rings. The van der Waals surface area contributed by atoms with Crippen molar-refractivity contribution in [1.82, 2.24) is 19.8 Å². The normalized spacial score (nSPS) is 14.1. The first-order valence-electron chi connectivity index (χ1n) is 13.1. The third kappa shape index (κ3) is 4.94. The van der Waals surface area contributed by atoms with Crippen LogP contribution < -0.4 is 11.1 Å². The number of piperazine rings is 1. The maximum absolute atomic E-state index is 13.3. The minimum absolute atomic E-state index is 0.0180. The fourth-order valence-corrected chi connectivity index (χ4v) is 6.21. The zero-order valence-corrected chi connectivity index (χ0v) is 24.0. The highest BCUT2D eigenvalue weighted by Gasteiger charge is 2.23. The average Bonchev–Trinajstić information content (AvgIpc) is 3.57. The molecule has 41 heavy (non-hydrogen) atoms. The number of nitrogens with two attached hydrogens (primary N) is 1. The molecular formula is C30H27ClN6O3S. The number of halogens is 1. The molecule has 9 nitrogen and oxygen atoms in total. The van der Waals surface area contributed by atoms with Crippen LogP contribution in [0, 0.1) is 6.92 Å². The van der Waals surface area contributed by atoms with E-state index in [-0.39, 0.29) is 11.8 Å². The number of amides is 3. The van der Waals surface area contributed by atoms with E-state index in [2.05, 4.69) is 27.2 Å². The molecule has 3 heterocycles. The SMILES string of the molecule is Cc1c(NC(=O)c2cnc(Cl)s2)cccc1-c1ccc(C(N)=O)c2[nH]c3cc(C(=O)N4CCN(C)CC4)ccc3c12. The van der Waals surface area contributed by atoms with Gasteiger partial charge in [0.25, 0.3) is 17.7 Å². The number of carbonyl (C=O) groups is 3. The number of hydrogen-bond acceptors (Lipinski definition) is 6. The monoisotopic (exact) mass is 586 g/mol. The summed E-state index contributed by atoms with van der Waals surface area (Å²) in [6.07, 6.45) is 1.45. The van der Waals surface area contributed by atoms with Gasteiger partial charge < -0.3 is 25.8 Å². The number of nitrogens with zero attached hydrogens (tertiary/aromatic N) is 3. The molecule has 0 unspecified atom stereocenters. The van der Waals surface area contributed by atoms with Crippen LogP contribution in [0.2, 0.25) is 4.47 Å². The number of H-pyrrole nitrogens is 1. The van der Waals surface area contributed by atoms with Crippen LogP contribution in [-0.2, 0) is 0 Å². The molecule has 1 aliphatic heterocycles. The number of fused-ring (bicyclic) bond motifs is 3. The summed E-state index contributed by atoms with van der Waals surface area (Å²) < 4.78 is 0.297. The lowest BCUT2D eigenvalue weighted by Crippen LogP contribution is -2.47. The van der Waals surface area contributed by atoms with Crippen molar-refractivity contribution >= 4 is 68.2 Å². The minimum atomic E-state index is -0.553. The van der Waals surface area contributed by atoms with E-state index in [1.807, 2.05) is 54.3 Å². The predicted octanol–water partition coefficient (Wildman–Crippen LogP) is 5.15. The highest BCUT2D eigenvalue weighted by molar-refractivity contribution is 7.17. The van der Waals surface area contributed by atoms with Crippen LogP contribution in [0.25, 0.3) is 32.9 Å². The van der Waals surface area contributed by atoms with Crippen LogP contribution in [0.3, 0.4) is 0 Å². The van der Waals surface area contributed by atoms with Crippen molar-refractivity contribution < 1.29 is 14.4 Å². The third-order valence-corrected chi connectivity index (χ3v) is 8.74. The Balaban J connectivity index is 1.44. The number of nitrogens with one attached hydrogen (secondary N) is 2. The van der Waals surface area contributed by atoms with Gasteiger partial charge in [-0.2, -0.15) is 0 Å². The van der Waals surface area contributed by atoms with E-state index in [0.717, 1.165) is 57.4 Å². The summed E-state index contributed by atoms with van der Waals surface area (Å²) in [5.41, 5.74) is 11.3. The molecule has 0 atom stereocenters. The van der Waals surface area contributed by atoms with Gasteiger partial charge in [-0.3, -0.25) is 14.4 Å². The van der Waals surface area contributed by atoms with Crippen LogP contribution in [0.4, 0.5) is 5.69 Å². The van der Waals surface area contributed by atoms with E-state index < -0.39 is 5.91 Å². The summed E-state index contributed by atoms with van der Waals surface area (Å²) in [4.78, 5) is 50.3. The summed E-state index contributed by atoms with van der Waals surface area (Å²) in [5, 5.41) is 4.64. The number of benzene rings is 3. The number of primary amides is 1. The van der Waals surface area contributed by atoms with Gasteiger partial charge in [0.2, 0.25) is 0 Å². The largest absolute Gasteiger partial charge is 0.366 e. The van der Waals surface area contributed by atoms with Gasteiger partial charge in [0.1, 0.15) is 4.88 Å². The highest BCUT2D eigenvalue weighted by Crippen LogP contribution is 2.39. The smallest absolute Gasteiger partial charge is 0.267 e. The molecule has 3 amide bonds. The van der Waals surface area contributed by atoms with Crippen molar-refractivity contribution in [2.24, 2.45) is 5.73 Å². The molecule has 3 aromatic carbocycles. The first kappa shape index (κ1) is 26.9. The van der Waals surface area contributed by atoms with E-state index >= 15 is 0 Å². The zero-order valence-electron chi connectivity index (χ0n) is 22.5. The van der Waals surface area contributed by atoms with Crippen LogP contribution in [-0.4, -0.2) is 70.7 Å². The Hall–Kier alpha value is -4.25. The molecule has 1 saturated heterocycles. The van der Waals surface area contributed by atoms with E-state index in [9.17, 15) is 14.4 Å². The molecule has 4 N–H and O–H groups in total. The van der Waals surface area contributed by atoms with Crippen molar-refractivity contribution in [2.75, 3.05) is 38.5 Å². The molecular weight excluding hydrogens is 560 g/mol. The molecule has 1 aliphatic rings. The first-order chi connectivity index (χ1) is 19.7. The van der Waals surface area contributed by atoms with Crippen LogP contribution in [0.5, 0.6) is 0 Å². The molecule has 11 heteroatoms. The van der Waals surface area contributed by atoms with Crippen molar-refractivity contribution in [3.8, 4) is 11.1 Å². The lowest BCUT2D eigenvalue weighted by molar-refractivity contribution is 0.0664. The lowest BCUT2D eigenvalue weighted by Gasteiger charge is -2.32. The summed E-state index contributed by atoms with van der Waals surface area (Å²) in [6.45, 7) is 4.96. The molecule has 0 aliphatic carbocycles. The second kappa shape index (κ2) is 10.6. The Morgan fingerprint density at radius 2 is 1.83 bits per heavy atom. The van der Waals surface area contributed by atoms with E-state index in [4.69, 9.17) is 17.3 Å². The number of rotatable bonds is 5. The second-order valence-corrected chi connectivity index (χ2v) is 11.8. The fraction of sp³-hybridized carbons (Fsp3) is 0.200. The Morgan fingerprint density at radius 1 is 1.05 bits per heavy atom. The van der Waals surface area contributed by atoms with Gasteiger partial charge in [-0.25, -0.2) is 4.98 Å². The predicted molar refractivity (Wildman–Crippen MR) is 163 cm³/mol. The van der Waals surface area contributed by atoms with Crippen LogP contribution in [0.15, 0.2) is 54.7 Å². The van der Waals surface area contributed by atoms with Gasteiger partial charge in [-0.05, 0) is 54.9 Å². The van der Waals surface area contributed by atoms with E-state index in [1.54, 1.807) is 6.07 Å². The zero-order chi connectivity index (χ0) is 28.8. The molecule has 0 bridgehead atoms. The number of thiazole rings is 1. The van der Waals surface area contributed by atoms with Gasteiger partial charge in [-0.1, -0.05) is 47.2 Å². The Morgan fingerprint density at radius 3 is 2.54 bits per heavy atom. The van der Waals surface area contributed by atoms with Crippen molar-refractivity contribution in [1.29, 1.82) is 0 Å². The lowest BCUT2D eigenvalue weighted by atomic mass is 9.93. The van der Waals surface area contributed by atoms with Crippen LogP contribution in [0.1, 0.15) is 36.0 Å². The Kier molecular flexibility index (Phi) is 6.98. The van der Waals surface area contributed by atoms with E-state index in [0.29, 0.717) is 44.8 Å². The Bertz CT molecular complexity index is 1850. The summed E-state index contributed by atoms with van der Waals surface area (Å²) >= 11 is 7.02. The number of carbonyl (C=O) groups excluding carboxylic acids is 3. The van der Waals surface area contributed by atoms with Gasteiger partial charge in [0.05, 0.1) is 17.3 Å².